The van der Waals surface area contributed by atoms with Gasteiger partial charge in [-0.2, -0.15) is 0 Å². The molecule has 0 unspecified atom stereocenters. The van der Waals surface area contributed by atoms with Crippen LogP contribution in [0.3, 0.4) is 0 Å². The van der Waals surface area contributed by atoms with Gasteiger partial charge >= 0.3 is 12.2 Å². The Morgan fingerprint density at radius 3 is 1.40 bits per heavy atom. The maximum Gasteiger partial charge on any atom is 0.416 e. The molecule has 0 aromatic heterocycles. The van der Waals surface area contributed by atoms with Gasteiger partial charge in [0.15, 0.2) is 0 Å². The molecule has 8 nitrogen and oxygen atoms in total. The molecule has 4 aliphatic rings. The molecule has 0 saturated carbocycles. The predicted molar refractivity (Wildman–Crippen MR) is 182 cm³/mol. The molecule has 8 rings (SSSR count). The van der Waals surface area contributed by atoms with E-state index >= 15 is 0 Å². The van der Waals surface area contributed by atoms with E-state index in [1.54, 1.807) is 4.90 Å². The molecule has 48 heavy (non-hydrogen) atoms. The second kappa shape index (κ2) is 13.9. The molecule has 2 aliphatic heterocycles. The van der Waals surface area contributed by atoms with E-state index < -0.39 is 6.09 Å². The first-order chi connectivity index (χ1) is 23.5. The number of ketones is 1. The van der Waals surface area contributed by atoms with E-state index in [9.17, 15) is 19.2 Å². The average Bonchev–Trinajstić information content (AvgIpc) is 3.63. The molecule has 0 spiro atoms. The lowest BCUT2D eigenvalue weighted by Crippen LogP contribution is -2.41. The summed E-state index contributed by atoms with van der Waals surface area (Å²) >= 11 is 0. The Morgan fingerprint density at radius 2 is 0.958 bits per heavy atom. The van der Waals surface area contributed by atoms with Crippen molar-refractivity contribution in [1.29, 1.82) is 0 Å². The van der Waals surface area contributed by atoms with Crippen molar-refractivity contribution in [2.45, 2.75) is 43.9 Å². The minimum absolute atomic E-state index is 0.0289. The zero-order valence-corrected chi connectivity index (χ0v) is 26.8. The molecular weight excluding hydrogens is 604 g/mol. The molecule has 3 amide bonds. The number of Topliss-reactive ketones (excluding diaryl/α,β-unsaturated/α-hetero) is 1. The Labute approximate surface area is 280 Å². The Kier molecular flexibility index (Phi) is 9.05. The lowest BCUT2D eigenvalue weighted by Gasteiger charge is -2.26. The number of likely N-dealkylation sites (tertiary alicyclic amines) is 2. The summed E-state index contributed by atoms with van der Waals surface area (Å²) in [6, 6.07) is 33.0. The number of hydrogen-bond acceptors (Lipinski definition) is 6. The first-order valence-electron chi connectivity index (χ1n) is 16.8. The van der Waals surface area contributed by atoms with Crippen molar-refractivity contribution in [2.24, 2.45) is 0 Å². The zero-order valence-electron chi connectivity index (χ0n) is 26.8. The molecule has 0 radical (unpaired) electrons. The molecule has 244 valence electrons. The molecule has 2 saturated heterocycles. The van der Waals surface area contributed by atoms with Crippen LogP contribution in [0.15, 0.2) is 97.1 Å². The molecule has 0 N–H and O–H groups in total. The summed E-state index contributed by atoms with van der Waals surface area (Å²) in [4.78, 5) is 50.6. The summed E-state index contributed by atoms with van der Waals surface area (Å²) < 4.78 is 11.1. The first-order valence-corrected chi connectivity index (χ1v) is 16.8. The van der Waals surface area contributed by atoms with Gasteiger partial charge < -0.3 is 14.4 Å². The number of rotatable bonds is 4. The van der Waals surface area contributed by atoms with Crippen molar-refractivity contribution >= 4 is 23.9 Å². The van der Waals surface area contributed by atoms with Gasteiger partial charge in [-0.25, -0.2) is 14.5 Å². The van der Waals surface area contributed by atoms with Gasteiger partial charge in [0.25, 0.3) is 0 Å². The van der Waals surface area contributed by atoms with Gasteiger partial charge in [-0.15, -0.1) is 0 Å². The predicted octanol–water partition coefficient (Wildman–Crippen LogP) is 7.55. The number of ether oxygens (including phenoxy) is 2. The van der Waals surface area contributed by atoms with Crippen molar-refractivity contribution in [1.82, 2.24) is 9.80 Å². The summed E-state index contributed by atoms with van der Waals surface area (Å²) in [5.41, 5.74) is 9.61. The van der Waals surface area contributed by atoms with E-state index in [0.29, 0.717) is 45.5 Å². The average molecular weight is 643 g/mol. The van der Waals surface area contributed by atoms with Crippen LogP contribution in [0.5, 0.6) is 0 Å². The number of nitrogens with zero attached hydrogens (tertiary/aromatic N) is 2. The van der Waals surface area contributed by atoms with E-state index in [1.165, 1.54) is 49.4 Å². The summed E-state index contributed by atoms with van der Waals surface area (Å²) in [6.07, 6.45) is 2.19. The standard InChI is InChI=1S/2C20H19NO3/c22-19-11-5-6-12-21(19)20(23)24-13-18-16-9-3-1-7-14(16)15-8-2-4-10-17(15)18;22-14-9-11-21(12-10-14)20(23)24-13-19-17-7-3-1-5-15(17)16-6-2-4-8-18(16)19/h1-4,7-10,18H,5-6,11-13H2;1-8,19H,9-13H2. The summed E-state index contributed by atoms with van der Waals surface area (Å²) in [5.74, 6) is 0.199. The minimum atomic E-state index is -0.512. The fourth-order valence-electron chi connectivity index (χ4n) is 7.29. The largest absolute Gasteiger partial charge is 0.448 e. The van der Waals surface area contributed by atoms with Crippen LogP contribution >= 0.6 is 0 Å². The van der Waals surface area contributed by atoms with Crippen molar-refractivity contribution in [3.63, 3.8) is 0 Å². The number of imide groups is 1. The van der Waals surface area contributed by atoms with Crippen LogP contribution in [0.4, 0.5) is 9.59 Å². The maximum absolute atomic E-state index is 12.3. The van der Waals surface area contributed by atoms with Gasteiger partial charge in [0.05, 0.1) is 0 Å². The third-order valence-electron chi connectivity index (χ3n) is 9.80. The number of piperidine rings is 2. The number of carbonyl (C=O) groups excluding carboxylic acids is 4. The van der Waals surface area contributed by atoms with Crippen LogP contribution in [-0.4, -0.2) is 66.5 Å². The molecule has 4 aromatic rings. The smallest absolute Gasteiger partial charge is 0.416 e. The van der Waals surface area contributed by atoms with Gasteiger partial charge in [-0.1, -0.05) is 97.1 Å². The second-order valence-corrected chi connectivity index (χ2v) is 12.6. The monoisotopic (exact) mass is 642 g/mol. The fourth-order valence-corrected chi connectivity index (χ4v) is 7.29. The van der Waals surface area contributed by atoms with Crippen LogP contribution in [0.25, 0.3) is 22.3 Å². The normalized spacial score (nSPS) is 16.7. The van der Waals surface area contributed by atoms with E-state index in [4.69, 9.17) is 9.47 Å². The van der Waals surface area contributed by atoms with E-state index in [2.05, 4.69) is 48.5 Å². The minimum Gasteiger partial charge on any atom is -0.448 e. The SMILES string of the molecule is O=C1CCCCN1C(=O)OCC1c2ccccc2-c2ccccc21.O=C1CCN(C(=O)OCC2c3ccccc3-c3ccccc32)CC1. The second-order valence-electron chi connectivity index (χ2n) is 12.6. The zero-order chi connectivity index (χ0) is 33.0. The number of amides is 3. The van der Waals surface area contributed by atoms with Crippen molar-refractivity contribution < 1.29 is 28.7 Å². The number of benzene rings is 4. The van der Waals surface area contributed by atoms with Crippen molar-refractivity contribution in [3.05, 3.63) is 119 Å². The number of carbonyl (C=O) groups is 4. The summed E-state index contributed by atoms with van der Waals surface area (Å²) in [7, 11) is 0. The number of hydrogen-bond donors (Lipinski definition) is 0. The highest BCUT2D eigenvalue weighted by Gasteiger charge is 2.32. The molecule has 8 heteroatoms. The van der Waals surface area contributed by atoms with E-state index in [1.807, 2.05) is 48.5 Å². The lowest BCUT2D eigenvalue weighted by molar-refractivity contribution is -0.131. The highest BCUT2D eigenvalue weighted by Crippen LogP contribution is 2.45. The maximum atomic E-state index is 12.3. The van der Waals surface area contributed by atoms with Gasteiger partial charge in [0.1, 0.15) is 19.0 Å². The third-order valence-corrected chi connectivity index (χ3v) is 9.80. The molecule has 2 fully saturated rings. The topological polar surface area (TPSA) is 93.2 Å². The molecule has 4 aromatic carbocycles. The fraction of sp³-hybridized carbons (Fsp3) is 0.300. The van der Waals surface area contributed by atoms with Crippen LogP contribution in [0.2, 0.25) is 0 Å². The molecule has 0 atom stereocenters. The summed E-state index contributed by atoms with van der Waals surface area (Å²) in [6.45, 7) is 1.99. The first kappa shape index (κ1) is 31.4. The van der Waals surface area contributed by atoms with E-state index in [-0.39, 0.29) is 36.2 Å². The van der Waals surface area contributed by atoms with Crippen LogP contribution in [0.1, 0.15) is 66.2 Å². The van der Waals surface area contributed by atoms with Crippen LogP contribution < -0.4 is 0 Å². The Bertz CT molecular complexity index is 1770. The number of fused-ring (bicyclic) bond motifs is 6. The van der Waals surface area contributed by atoms with Gasteiger partial charge in [-0.05, 0) is 57.3 Å². The molecular formula is C40H38N2O6. The Hall–Kier alpha value is -5.24. The molecule has 0 bridgehead atoms. The Balaban J connectivity index is 0.000000152. The molecule has 2 heterocycles. The van der Waals surface area contributed by atoms with E-state index in [0.717, 1.165) is 12.8 Å². The summed E-state index contributed by atoms with van der Waals surface area (Å²) in [5, 5.41) is 0. The Morgan fingerprint density at radius 1 is 0.542 bits per heavy atom. The van der Waals surface area contributed by atoms with Gasteiger partial charge in [0, 0.05) is 50.7 Å². The highest BCUT2D eigenvalue weighted by atomic mass is 16.6. The van der Waals surface area contributed by atoms with Crippen molar-refractivity contribution in [2.75, 3.05) is 32.8 Å². The quantitative estimate of drug-likeness (QED) is 0.228. The van der Waals surface area contributed by atoms with Crippen LogP contribution in [0, 0.1) is 0 Å². The highest BCUT2D eigenvalue weighted by molar-refractivity contribution is 5.92. The van der Waals surface area contributed by atoms with Crippen LogP contribution in [-0.2, 0) is 19.1 Å². The van der Waals surface area contributed by atoms with Gasteiger partial charge in [-0.3, -0.25) is 9.59 Å². The lowest BCUT2D eigenvalue weighted by atomic mass is 9.98. The van der Waals surface area contributed by atoms with Crippen molar-refractivity contribution in [3.8, 4) is 22.3 Å². The van der Waals surface area contributed by atoms with Gasteiger partial charge in [0.2, 0.25) is 5.91 Å². The molecule has 2 aliphatic carbocycles. The third kappa shape index (κ3) is 6.22.